The van der Waals surface area contributed by atoms with Crippen LogP contribution >= 0.6 is 0 Å². The maximum atomic E-state index is 13.4. The number of carbonyl (C=O) groups excluding carboxylic acids is 1. The fraction of sp³-hybridized carbons (Fsp3) is 0.250. The van der Waals surface area contributed by atoms with E-state index in [1.807, 2.05) is 35.2 Å². The second-order valence-corrected chi connectivity index (χ2v) is 6.43. The number of halogens is 1. The maximum Gasteiger partial charge on any atom is 0.270 e. The minimum absolute atomic E-state index is 0.0538. The van der Waals surface area contributed by atoms with Crippen LogP contribution in [0.25, 0.3) is 10.9 Å². The molecule has 1 fully saturated rings. The lowest BCUT2D eigenvalue weighted by molar-refractivity contribution is 0.0724. The number of hydrogen-bond acceptors (Lipinski definition) is 2. The van der Waals surface area contributed by atoms with Gasteiger partial charge in [0.2, 0.25) is 0 Å². The average Bonchev–Trinajstić information content (AvgIpc) is 3.36. The van der Waals surface area contributed by atoms with Gasteiger partial charge in [-0.3, -0.25) is 4.79 Å². The van der Waals surface area contributed by atoms with Gasteiger partial charge in [-0.2, -0.15) is 0 Å². The van der Waals surface area contributed by atoms with Gasteiger partial charge in [-0.05, 0) is 48.7 Å². The maximum absolute atomic E-state index is 13.4. The summed E-state index contributed by atoms with van der Waals surface area (Å²) >= 11 is 0. The summed E-state index contributed by atoms with van der Waals surface area (Å²) in [6.45, 7) is 0.417. The summed E-state index contributed by atoms with van der Waals surface area (Å²) in [7, 11) is 1.62. The Balaban J connectivity index is 1.62. The molecule has 0 atom stereocenters. The summed E-state index contributed by atoms with van der Waals surface area (Å²) < 4.78 is 18.7. The first-order chi connectivity index (χ1) is 12.1. The SMILES string of the molecule is COc1ccc2cc(C(=O)N(Cc3cccc(F)c3)C3CC3)[nH]c2c1. The molecule has 1 aliphatic carbocycles. The highest BCUT2D eigenvalue weighted by atomic mass is 19.1. The number of methoxy groups -OCH3 is 1. The minimum Gasteiger partial charge on any atom is -0.497 e. The largest absolute Gasteiger partial charge is 0.497 e. The highest BCUT2D eigenvalue weighted by Crippen LogP contribution is 2.31. The Morgan fingerprint density at radius 3 is 2.80 bits per heavy atom. The highest BCUT2D eigenvalue weighted by Gasteiger charge is 2.33. The molecule has 1 saturated carbocycles. The smallest absolute Gasteiger partial charge is 0.270 e. The van der Waals surface area contributed by atoms with Crippen molar-refractivity contribution < 1.29 is 13.9 Å². The van der Waals surface area contributed by atoms with Gasteiger partial charge >= 0.3 is 0 Å². The fourth-order valence-corrected chi connectivity index (χ4v) is 3.09. The van der Waals surface area contributed by atoms with Crippen LogP contribution in [0.2, 0.25) is 0 Å². The number of nitrogens with one attached hydrogen (secondary N) is 1. The number of benzene rings is 2. The van der Waals surface area contributed by atoms with Crippen molar-refractivity contribution >= 4 is 16.8 Å². The lowest BCUT2D eigenvalue weighted by atomic mass is 10.2. The van der Waals surface area contributed by atoms with Gasteiger partial charge in [0.05, 0.1) is 7.11 Å². The van der Waals surface area contributed by atoms with E-state index in [2.05, 4.69) is 4.98 Å². The molecule has 1 aliphatic rings. The molecular weight excluding hydrogens is 319 g/mol. The normalized spacial score (nSPS) is 13.8. The van der Waals surface area contributed by atoms with E-state index < -0.39 is 0 Å². The molecule has 1 amide bonds. The van der Waals surface area contributed by atoms with Crippen molar-refractivity contribution in [1.29, 1.82) is 0 Å². The van der Waals surface area contributed by atoms with Crippen LogP contribution in [0.15, 0.2) is 48.5 Å². The van der Waals surface area contributed by atoms with Crippen LogP contribution in [0.3, 0.4) is 0 Å². The quantitative estimate of drug-likeness (QED) is 0.760. The Kier molecular flexibility index (Phi) is 3.92. The van der Waals surface area contributed by atoms with Crippen LogP contribution in [0.1, 0.15) is 28.9 Å². The first kappa shape index (κ1) is 15.7. The third kappa shape index (κ3) is 3.22. The van der Waals surface area contributed by atoms with Crippen LogP contribution in [0.4, 0.5) is 4.39 Å². The van der Waals surface area contributed by atoms with Gasteiger partial charge in [-0.25, -0.2) is 4.39 Å². The topological polar surface area (TPSA) is 45.3 Å². The lowest BCUT2D eigenvalue weighted by Crippen LogP contribution is -2.32. The summed E-state index contributed by atoms with van der Waals surface area (Å²) in [6.07, 6.45) is 1.99. The molecule has 1 heterocycles. The molecule has 0 bridgehead atoms. The molecule has 5 heteroatoms. The Labute approximate surface area is 145 Å². The zero-order valence-corrected chi connectivity index (χ0v) is 14.0. The molecule has 0 saturated heterocycles. The number of rotatable bonds is 5. The third-order valence-corrected chi connectivity index (χ3v) is 4.55. The van der Waals surface area contributed by atoms with Crippen molar-refractivity contribution in [1.82, 2.24) is 9.88 Å². The van der Waals surface area contributed by atoms with Crippen molar-refractivity contribution in [2.75, 3.05) is 7.11 Å². The number of nitrogens with zero attached hydrogens (tertiary/aromatic N) is 1. The molecule has 0 radical (unpaired) electrons. The van der Waals surface area contributed by atoms with Gasteiger partial charge < -0.3 is 14.6 Å². The summed E-state index contributed by atoms with van der Waals surface area (Å²) in [5.74, 6) is 0.410. The van der Waals surface area contributed by atoms with E-state index in [0.29, 0.717) is 12.2 Å². The number of amides is 1. The van der Waals surface area contributed by atoms with Crippen molar-refractivity contribution in [3.05, 3.63) is 65.6 Å². The monoisotopic (exact) mass is 338 g/mol. The number of aromatic nitrogens is 1. The summed E-state index contributed by atoms with van der Waals surface area (Å²) in [5.41, 5.74) is 2.22. The molecule has 4 rings (SSSR count). The molecule has 0 unspecified atom stereocenters. The third-order valence-electron chi connectivity index (χ3n) is 4.55. The molecule has 0 spiro atoms. The highest BCUT2D eigenvalue weighted by molar-refractivity contribution is 5.98. The van der Waals surface area contributed by atoms with Gasteiger partial charge in [0, 0.05) is 29.6 Å². The number of aromatic amines is 1. The molecule has 1 aromatic heterocycles. The van der Waals surface area contributed by atoms with Gasteiger partial charge in [0.1, 0.15) is 17.3 Å². The average molecular weight is 338 g/mol. The molecule has 128 valence electrons. The Hall–Kier alpha value is -2.82. The van der Waals surface area contributed by atoms with E-state index in [-0.39, 0.29) is 17.8 Å². The number of fused-ring (bicyclic) bond motifs is 1. The van der Waals surface area contributed by atoms with Gasteiger partial charge in [0.25, 0.3) is 5.91 Å². The minimum atomic E-state index is -0.279. The van der Waals surface area contributed by atoms with Crippen LogP contribution < -0.4 is 4.74 Å². The lowest BCUT2D eigenvalue weighted by Gasteiger charge is -2.22. The standard InChI is InChI=1S/C20H19FN2O2/c1-25-17-8-5-14-10-19(22-18(14)11-17)20(24)23(16-6-7-16)12-13-3-2-4-15(21)9-13/h2-5,8-11,16,22H,6-7,12H2,1H3. The van der Waals surface area contributed by atoms with Crippen LogP contribution in [-0.4, -0.2) is 28.9 Å². The van der Waals surface area contributed by atoms with E-state index >= 15 is 0 Å². The van der Waals surface area contributed by atoms with Gasteiger partial charge in [-0.1, -0.05) is 12.1 Å². The van der Waals surface area contributed by atoms with E-state index in [0.717, 1.165) is 35.1 Å². The van der Waals surface area contributed by atoms with Crippen LogP contribution in [0.5, 0.6) is 5.75 Å². The van der Waals surface area contributed by atoms with Gasteiger partial charge in [-0.15, -0.1) is 0 Å². The van der Waals surface area contributed by atoms with Crippen molar-refractivity contribution in [2.45, 2.75) is 25.4 Å². The van der Waals surface area contributed by atoms with E-state index in [1.165, 1.54) is 12.1 Å². The molecule has 0 aliphatic heterocycles. The molecule has 4 nitrogen and oxygen atoms in total. The number of carbonyl (C=O) groups is 1. The second kappa shape index (κ2) is 6.24. The van der Waals surface area contributed by atoms with E-state index in [1.54, 1.807) is 13.2 Å². The van der Waals surface area contributed by atoms with Crippen LogP contribution in [-0.2, 0) is 6.54 Å². The van der Waals surface area contributed by atoms with E-state index in [4.69, 9.17) is 4.74 Å². The zero-order chi connectivity index (χ0) is 17.4. The molecular formula is C20H19FN2O2. The Morgan fingerprint density at radius 1 is 1.24 bits per heavy atom. The van der Waals surface area contributed by atoms with E-state index in [9.17, 15) is 9.18 Å². The Bertz CT molecular complexity index is 930. The summed E-state index contributed by atoms with van der Waals surface area (Å²) in [5, 5.41) is 0.964. The predicted molar refractivity (Wildman–Crippen MR) is 94.1 cm³/mol. The first-order valence-electron chi connectivity index (χ1n) is 8.36. The van der Waals surface area contributed by atoms with Crippen molar-refractivity contribution in [3.8, 4) is 5.75 Å². The fourth-order valence-electron chi connectivity index (χ4n) is 3.09. The summed E-state index contributed by atoms with van der Waals surface area (Å²) in [4.78, 5) is 18.0. The van der Waals surface area contributed by atoms with Crippen molar-refractivity contribution in [3.63, 3.8) is 0 Å². The number of H-pyrrole nitrogens is 1. The molecule has 3 aromatic rings. The summed E-state index contributed by atoms with van der Waals surface area (Å²) in [6, 6.07) is 14.2. The molecule has 2 aromatic carbocycles. The Morgan fingerprint density at radius 2 is 2.08 bits per heavy atom. The first-order valence-corrected chi connectivity index (χ1v) is 8.36. The second-order valence-electron chi connectivity index (χ2n) is 6.43. The number of hydrogen-bond donors (Lipinski definition) is 1. The molecule has 1 N–H and O–H groups in total. The van der Waals surface area contributed by atoms with Gasteiger partial charge in [0.15, 0.2) is 0 Å². The van der Waals surface area contributed by atoms with Crippen LogP contribution in [0, 0.1) is 5.82 Å². The predicted octanol–water partition coefficient (Wildman–Crippen LogP) is 4.12. The number of ether oxygens (including phenoxy) is 1. The zero-order valence-electron chi connectivity index (χ0n) is 14.0. The molecule has 25 heavy (non-hydrogen) atoms. The van der Waals surface area contributed by atoms with Crippen molar-refractivity contribution in [2.24, 2.45) is 0 Å².